The Kier molecular flexibility index (Phi) is 8.30. The number of thiophene rings is 4. The Morgan fingerprint density at radius 3 is 1.53 bits per heavy atom. The van der Waals surface area contributed by atoms with Crippen LogP contribution in [0.5, 0.6) is 5.75 Å². The van der Waals surface area contributed by atoms with E-state index in [1.807, 2.05) is 12.1 Å². The second-order valence-electron chi connectivity index (χ2n) is 14.3. The predicted molar refractivity (Wildman–Crippen MR) is 217 cm³/mol. The first-order chi connectivity index (χ1) is 28.5. The highest BCUT2D eigenvalue weighted by Gasteiger charge is 2.47. The molecule has 1 spiro atoms. The molecule has 0 atom stereocenters. The van der Waals surface area contributed by atoms with Gasteiger partial charge in [-0.05, 0) is 85.4 Å². The molecule has 5 heterocycles. The molecular weight excluding hydrogens is 837 g/mol. The molecule has 15 heteroatoms. The van der Waals surface area contributed by atoms with Crippen molar-refractivity contribution in [3.05, 3.63) is 120 Å². The second-order valence-corrected chi connectivity index (χ2v) is 18.5. The van der Waals surface area contributed by atoms with Crippen LogP contribution in [0.4, 0.5) is 17.6 Å². The topological polar surface area (TPSA) is 139 Å². The van der Waals surface area contributed by atoms with Gasteiger partial charge in [-0.15, -0.1) is 45.3 Å². The quantitative estimate of drug-likeness (QED) is 0.0960. The Morgan fingerprint density at radius 1 is 0.593 bits per heavy atom. The lowest BCUT2D eigenvalue weighted by atomic mass is 9.78. The molecule has 1 fully saturated rings. The van der Waals surface area contributed by atoms with Crippen molar-refractivity contribution in [3.63, 3.8) is 0 Å². The third-order valence-corrected chi connectivity index (χ3v) is 15.9. The molecule has 7 nitrogen and oxygen atoms in total. The van der Waals surface area contributed by atoms with Crippen LogP contribution in [-0.4, -0.2) is 11.6 Å². The zero-order chi connectivity index (χ0) is 41.1. The predicted octanol–water partition coefficient (Wildman–Crippen LogP) is 12.2. The monoisotopic (exact) mass is 854 g/mol. The summed E-state index contributed by atoms with van der Waals surface area (Å²) in [6.07, 6.45) is 7.47. The molecule has 0 N–H and O–H groups in total. The van der Waals surface area contributed by atoms with Crippen molar-refractivity contribution in [1.82, 2.24) is 0 Å². The molecule has 1 aliphatic heterocycles. The minimum absolute atomic E-state index is 0.00245. The van der Waals surface area contributed by atoms with Gasteiger partial charge >= 0.3 is 0 Å². The number of Topliss-reactive ketones (excluding diaryl/α,β-unsaturated/α-hetero) is 2. The number of benzene rings is 2. The summed E-state index contributed by atoms with van der Waals surface area (Å²) >= 11 is 5.89. The summed E-state index contributed by atoms with van der Waals surface area (Å²) in [5, 5.41) is 39.0. The first-order valence-electron chi connectivity index (χ1n) is 17.9. The highest BCUT2D eigenvalue weighted by Crippen LogP contribution is 2.63. The molecule has 6 aromatic rings. The molecule has 0 bridgehead atoms. The van der Waals surface area contributed by atoms with Crippen LogP contribution in [0.2, 0.25) is 0 Å². The SMILES string of the molecule is N#CC(C#N)=C1/C(=C/c2cc3sc4c(c3s2)OC2(CCCCC2)c2c-4sc3cc(/C=C4\C(=O)c5cc(F)c(F)cc5C4=C(C#N)C#N)sc23)C(=O)c2cc(F)c(F)cc21. The van der Waals surface area contributed by atoms with E-state index in [1.54, 1.807) is 47.8 Å². The van der Waals surface area contributed by atoms with Crippen LogP contribution < -0.4 is 4.74 Å². The van der Waals surface area contributed by atoms with Crippen molar-refractivity contribution in [1.29, 1.82) is 21.0 Å². The Labute approximate surface area is 347 Å². The molecule has 284 valence electrons. The number of carbonyl (C=O) groups excluding carboxylic acids is 2. The normalized spacial score (nSPS) is 17.4. The maximum absolute atomic E-state index is 14.4. The Hall–Kier alpha value is -6.46. The van der Waals surface area contributed by atoms with Crippen molar-refractivity contribution in [2.24, 2.45) is 0 Å². The Balaban J connectivity index is 1.09. The summed E-state index contributed by atoms with van der Waals surface area (Å²) < 4.78 is 68.0. The smallest absolute Gasteiger partial charge is 0.194 e. The number of fused-ring (bicyclic) bond motifs is 10. The van der Waals surface area contributed by atoms with Crippen LogP contribution in [0, 0.1) is 68.6 Å². The van der Waals surface area contributed by atoms with Gasteiger partial charge < -0.3 is 4.74 Å². The summed E-state index contributed by atoms with van der Waals surface area (Å²) in [7, 11) is 0. The molecule has 4 aliphatic rings. The van der Waals surface area contributed by atoms with Gasteiger partial charge in [0.05, 0.1) is 23.9 Å². The average Bonchev–Trinajstić information content (AvgIpc) is 4.05. The number of hydrogen-bond acceptors (Lipinski definition) is 11. The van der Waals surface area contributed by atoms with E-state index in [1.165, 1.54) is 34.0 Å². The number of carbonyl (C=O) groups is 2. The number of ketones is 2. The fourth-order valence-electron chi connectivity index (χ4n) is 8.53. The summed E-state index contributed by atoms with van der Waals surface area (Å²) in [4.78, 5) is 30.5. The first-order valence-corrected chi connectivity index (χ1v) is 21.2. The molecule has 59 heavy (non-hydrogen) atoms. The van der Waals surface area contributed by atoms with Gasteiger partial charge in [-0.2, -0.15) is 21.0 Å². The van der Waals surface area contributed by atoms with Crippen LogP contribution in [0.15, 0.2) is 58.7 Å². The zero-order valence-electron chi connectivity index (χ0n) is 29.8. The largest absolute Gasteiger partial charge is 0.479 e. The first kappa shape index (κ1) is 36.9. The van der Waals surface area contributed by atoms with Crippen LogP contribution in [-0.2, 0) is 5.60 Å². The van der Waals surface area contributed by atoms with Crippen molar-refractivity contribution in [2.45, 2.75) is 37.7 Å². The van der Waals surface area contributed by atoms with E-state index in [0.29, 0.717) is 15.5 Å². The van der Waals surface area contributed by atoms with E-state index in [4.69, 9.17) is 4.74 Å². The number of nitrogens with zero attached hydrogens (tertiary/aromatic N) is 4. The van der Waals surface area contributed by atoms with Crippen molar-refractivity contribution >= 4 is 99.0 Å². The number of allylic oxidation sites excluding steroid dienone is 6. The minimum atomic E-state index is -1.21. The number of nitriles is 4. The van der Waals surface area contributed by atoms with E-state index in [9.17, 15) is 48.2 Å². The van der Waals surface area contributed by atoms with E-state index >= 15 is 0 Å². The van der Waals surface area contributed by atoms with Gasteiger partial charge in [0.15, 0.2) is 40.6 Å². The lowest BCUT2D eigenvalue weighted by Gasteiger charge is -2.40. The summed E-state index contributed by atoms with van der Waals surface area (Å²) in [5.41, 5.74) is -0.784. The molecule has 10 rings (SSSR count). The molecule has 3 aliphatic carbocycles. The third-order valence-electron chi connectivity index (χ3n) is 11.0. The Bertz CT molecular complexity index is 3290. The molecule has 4 aromatic heterocycles. The fourth-order valence-corrected chi connectivity index (χ4v) is 13.9. The van der Waals surface area contributed by atoms with Gasteiger partial charge in [0.1, 0.15) is 41.0 Å². The number of ether oxygens (including phenoxy) is 1. The zero-order valence-corrected chi connectivity index (χ0v) is 33.1. The second kappa shape index (κ2) is 13.3. The van der Waals surface area contributed by atoms with Gasteiger partial charge in [-0.3, -0.25) is 9.59 Å². The van der Waals surface area contributed by atoms with Crippen LogP contribution in [0.3, 0.4) is 0 Å². The number of halogens is 4. The maximum Gasteiger partial charge on any atom is 0.194 e. The van der Waals surface area contributed by atoms with Crippen LogP contribution in [0.1, 0.15) is 79.3 Å². The van der Waals surface area contributed by atoms with Gasteiger partial charge in [-0.25, -0.2) is 17.6 Å². The average molecular weight is 855 g/mol. The summed E-state index contributed by atoms with van der Waals surface area (Å²) in [6, 6.07) is 14.2. The van der Waals surface area contributed by atoms with Gasteiger partial charge in [0, 0.05) is 53.4 Å². The molecule has 0 radical (unpaired) electrons. The highest BCUT2D eigenvalue weighted by molar-refractivity contribution is 7.35. The lowest BCUT2D eigenvalue weighted by molar-refractivity contribution is 0.0282. The van der Waals surface area contributed by atoms with Crippen molar-refractivity contribution in [2.75, 3.05) is 0 Å². The molecule has 0 unspecified atom stereocenters. The van der Waals surface area contributed by atoms with Crippen LogP contribution >= 0.6 is 45.3 Å². The van der Waals surface area contributed by atoms with Crippen molar-refractivity contribution in [3.8, 4) is 39.8 Å². The third kappa shape index (κ3) is 5.30. The van der Waals surface area contributed by atoms with E-state index in [2.05, 4.69) is 0 Å². The van der Waals surface area contributed by atoms with Crippen LogP contribution in [0.25, 0.3) is 51.9 Å². The number of rotatable bonds is 2. The maximum atomic E-state index is 14.4. The molecule has 0 saturated heterocycles. The molecule has 2 aromatic carbocycles. The standard InChI is InChI=1S/C44H18F4N4O3S4/c45-28-10-22-24(12-30(28)47)37(53)26(34(22)18(14-49)15-50)6-20-8-32-40(56-20)36-42(58-32)43-39(55-44(36)4-2-1-3-5-44)41-33(59-43)9-21(57-41)7-27-35(19(16-51)17-52)23-11-29(46)31(48)13-25(23)38(27)54/h6-13H,1-5H2/b26-6-,27-7-. The Morgan fingerprint density at radius 2 is 1.03 bits per heavy atom. The highest BCUT2D eigenvalue weighted by atomic mass is 32.1. The fraction of sp³-hybridized carbons (Fsp3) is 0.136. The van der Waals surface area contributed by atoms with E-state index < -0.39 is 46.0 Å². The van der Waals surface area contributed by atoms with E-state index in [0.717, 1.165) is 90.5 Å². The molecule has 1 saturated carbocycles. The summed E-state index contributed by atoms with van der Waals surface area (Å²) in [5.74, 6) is -5.36. The lowest BCUT2D eigenvalue weighted by Crippen LogP contribution is -2.37. The van der Waals surface area contributed by atoms with Gasteiger partial charge in [0.2, 0.25) is 0 Å². The number of hydrogen-bond donors (Lipinski definition) is 0. The minimum Gasteiger partial charge on any atom is -0.479 e. The molecule has 0 amide bonds. The molecular formula is C44H18F4N4O3S4. The van der Waals surface area contributed by atoms with E-state index in [-0.39, 0.29) is 50.1 Å². The van der Waals surface area contributed by atoms with Gasteiger partial charge in [0.25, 0.3) is 0 Å². The van der Waals surface area contributed by atoms with Gasteiger partial charge in [-0.1, -0.05) is 6.42 Å². The summed E-state index contributed by atoms with van der Waals surface area (Å²) in [6.45, 7) is 0. The van der Waals surface area contributed by atoms with Crippen molar-refractivity contribution < 1.29 is 31.9 Å².